The summed E-state index contributed by atoms with van der Waals surface area (Å²) >= 11 is 0. The van der Waals surface area contributed by atoms with E-state index in [1.807, 2.05) is 0 Å². The zero-order chi connectivity index (χ0) is 32.7. The fourth-order valence-corrected chi connectivity index (χ4v) is 6.78. The van der Waals surface area contributed by atoms with Crippen molar-refractivity contribution in [3.8, 4) is 0 Å². The predicted molar refractivity (Wildman–Crippen MR) is 200 cm³/mol. The van der Waals surface area contributed by atoms with Crippen molar-refractivity contribution in [1.82, 2.24) is 4.90 Å². The zero-order valence-corrected chi connectivity index (χ0v) is 30.9. The number of rotatable bonds is 34. The highest BCUT2D eigenvalue weighted by Crippen LogP contribution is 2.23. The molecule has 0 bridgehead atoms. The highest BCUT2D eigenvalue weighted by molar-refractivity contribution is 5.95. The van der Waals surface area contributed by atoms with Gasteiger partial charge in [0, 0.05) is 19.4 Å². The molecule has 264 valence electrons. The van der Waals surface area contributed by atoms with Gasteiger partial charge in [0.25, 0.3) is 0 Å². The van der Waals surface area contributed by atoms with Gasteiger partial charge in [-0.2, -0.15) is 0 Å². The van der Waals surface area contributed by atoms with Gasteiger partial charge in [-0.15, -0.1) is 0 Å². The lowest BCUT2D eigenvalue weighted by atomic mass is 10.00. The maximum Gasteiger partial charge on any atom is 0.186 e. The fourth-order valence-electron chi connectivity index (χ4n) is 6.78. The lowest BCUT2D eigenvalue weighted by Crippen LogP contribution is -2.50. The van der Waals surface area contributed by atoms with Crippen LogP contribution in [-0.4, -0.2) is 35.3 Å². The number of nitrogens with zero attached hydrogens (tertiary/aromatic N) is 2. The van der Waals surface area contributed by atoms with Gasteiger partial charge < -0.3 is 4.90 Å². The first-order chi connectivity index (χ1) is 22.1. The third kappa shape index (κ3) is 22.9. The number of carbonyl (C=O) groups excluding carboxylic acids is 1. The van der Waals surface area contributed by atoms with E-state index >= 15 is 0 Å². The number of allylic oxidation sites excluding steroid dienone is 2. The van der Waals surface area contributed by atoms with Crippen LogP contribution in [0.3, 0.4) is 0 Å². The molecular weight excluding hydrogens is 550 g/mol. The van der Waals surface area contributed by atoms with E-state index in [1.165, 1.54) is 167 Å². The smallest absolute Gasteiger partial charge is 0.186 e. The topological polar surface area (TPSA) is 58.7 Å². The first-order valence-corrected chi connectivity index (χ1v) is 20.4. The normalized spacial score (nSPS) is 16.7. The molecule has 0 saturated carbocycles. The van der Waals surface area contributed by atoms with Gasteiger partial charge in [0.15, 0.2) is 11.4 Å². The molecule has 0 spiro atoms. The molecule has 0 fully saturated rings. The molecular formula is C41H79N3O. The number of aliphatic imine (C=N–C) groups is 1. The molecule has 0 aromatic rings. The van der Waals surface area contributed by atoms with E-state index in [4.69, 9.17) is 10.7 Å². The molecule has 0 aliphatic carbocycles. The second-order valence-corrected chi connectivity index (χ2v) is 14.3. The van der Waals surface area contributed by atoms with Gasteiger partial charge in [0.1, 0.15) is 5.84 Å². The first kappa shape index (κ1) is 41.9. The average Bonchev–Trinajstić information content (AvgIpc) is 3.39. The monoisotopic (exact) mass is 630 g/mol. The number of unbranched alkanes of at least 4 members (excludes halogenated alkanes) is 26. The number of likely N-dealkylation sites (N-methyl/N-ethyl adjacent to an activating group) is 1. The Kier molecular flexibility index (Phi) is 28.1. The molecule has 1 aliphatic rings. The summed E-state index contributed by atoms with van der Waals surface area (Å²) < 4.78 is 0. The molecule has 0 aromatic heterocycles. The molecule has 1 rings (SSSR count). The maximum atomic E-state index is 13.1. The Morgan fingerprint density at radius 1 is 0.600 bits per heavy atom. The Hall–Kier alpha value is -1.16. The minimum Gasteiger partial charge on any atom is -0.356 e. The molecule has 0 saturated heterocycles. The quantitative estimate of drug-likeness (QED) is 0.0569. The van der Waals surface area contributed by atoms with Gasteiger partial charge in [-0.25, -0.2) is 4.99 Å². The van der Waals surface area contributed by atoms with Crippen molar-refractivity contribution in [3.05, 3.63) is 12.2 Å². The van der Waals surface area contributed by atoms with Crippen LogP contribution in [0.5, 0.6) is 0 Å². The molecule has 0 amide bonds. The van der Waals surface area contributed by atoms with Crippen LogP contribution < -0.4 is 5.73 Å². The van der Waals surface area contributed by atoms with Crippen LogP contribution in [0.1, 0.15) is 220 Å². The summed E-state index contributed by atoms with van der Waals surface area (Å²) in [6.45, 7) is 8.18. The van der Waals surface area contributed by atoms with E-state index in [1.54, 1.807) is 0 Å². The Morgan fingerprint density at radius 2 is 0.978 bits per heavy atom. The third-order valence-corrected chi connectivity index (χ3v) is 9.91. The molecule has 1 heterocycles. The largest absolute Gasteiger partial charge is 0.356 e. The number of hydrogen-bond donors (Lipinski definition) is 1. The van der Waals surface area contributed by atoms with E-state index in [-0.39, 0.29) is 5.78 Å². The van der Waals surface area contributed by atoms with Crippen molar-refractivity contribution < 1.29 is 4.79 Å². The summed E-state index contributed by atoms with van der Waals surface area (Å²) in [6, 6.07) is 0. The number of amidine groups is 1. The third-order valence-electron chi connectivity index (χ3n) is 9.91. The Bertz CT molecular complexity index is 732. The number of nitrogens with two attached hydrogens (primary N) is 1. The first-order valence-electron chi connectivity index (χ1n) is 20.4. The maximum absolute atomic E-state index is 13.1. The summed E-state index contributed by atoms with van der Waals surface area (Å²) in [6.07, 6.45) is 45.0. The number of hydrogen-bond acceptors (Lipinski definition) is 4. The van der Waals surface area contributed by atoms with Gasteiger partial charge in [-0.3, -0.25) is 10.5 Å². The summed E-state index contributed by atoms with van der Waals surface area (Å²) in [5.41, 5.74) is 5.58. The summed E-state index contributed by atoms with van der Waals surface area (Å²) in [5, 5.41) is 0. The number of Topliss-reactive ketones (excluding diaryl/α,β-unsaturated/α-hetero) is 1. The van der Waals surface area contributed by atoms with Crippen LogP contribution in [-0.2, 0) is 4.79 Å². The van der Waals surface area contributed by atoms with Crippen LogP contribution in [0, 0.1) is 0 Å². The van der Waals surface area contributed by atoms with E-state index in [0.717, 1.165) is 38.1 Å². The highest BCUT2D eigenvalue weighted by atomic mass is 16.1. The Balaban J connectivity index is 2.04. The van der Waals surface area contributed by atoms with Crippen molar-refractivity contribution >= 4 is 11.6 Å². The molecule has 0 aromatic carbocycles. The van der Waals surface area contributed by atoms with Crippen LogP contribution in [0.4, 0.5) is 0 Å². The van der Waals surface area contributed by atoms with Crippen LogP contribution in [0.15, 0.2) is 17.1 Å². The lowest BCUT2D eigenvalue weighted by Gasteiger charge is -2.22. The molecule has 1 unspecified atom stereocenters. The zero-order valence-electron chi connectivity index (χ0n) is 30.9. The summed E-state index contributed by atoms with van der Waals surface area (Å²) in [5.74, 6) is 1.21. The molecule has 2 N–H and O–H groups in total. The van der Waals surface area contributed by atoms with Crippen molar-refractivity contribution in [2.45, 2.75) is 225 Å². The second-order valence-electron chi connectivity index (χ2n) is 14.3. The van der Waals surface area contributed by atoms with E-state index in [2.05, 4.69) is 37.8 Å². The molecule has 1 atom stereocenters. The highest BCUT2D eigenvalue weighted by Gasteiger charge is 2.40. The molecule has 4 heteroatoms. The van der Waals surface area contributed by atoms with Gasteiger partial charge in [-0.1, -0.05) is 174 Å². The fraction of sp³-hybridized carbons (Fsp3) is 0.902. The van der Waals surface area contributed by atoms with Crippen LogP contribution in [0.2, 0.25) is 0 Å². The van der Waals surface area contributed by atoms with Crippen LogP contribution >= 0.6 is 0 Å². The number of ketones is 1. The molecule has 0 radical (unpaired) electrons. The number of carbonyl (C=O) groups is 1. The standard InChI is InChI=1S/C41H79N3O/c1-4-7-9-11-13-15-17-19-21-23-25-27-29-31-33-35-37-40-43-41(42,38-44(40)6-3)39(45)36-34-32-30-28-26-24-22-20-18-16-14-12-10-8-5-2/h20,22H,4-19,21,23-38,42H2,1-3H3/b22-20-. The van der Waals surface area contributed by atoms with Crippen LogP contribution in [0.25, 0.3) is 0 Å². The second kappa shape index (κ2) is 30.2. The van der Waals surface area contributed by atoms with Gasteiger partial charge in [0.2, 0.25) is 0 Å². The average molecular weight is 630 g/mol. The van der Waals surface area contributed by atoms with Crippen molar-refractivity contribution in [3.63, 3.8) is 0 Å². The predicted octanol–water partition coefficient (Wildman–Crippen LogP) is 12.6. The lowest BCUT2D eigenvalue weighted by molar-refractivity contribution is -0.124. The molecule has 45 heavy (non-hydrogen) atoms. The summed E-state index contributed by atoms with van der Waals surface area (Å²) in [7, 11) is 0. The SMILES string of the molecule is CCCCCCCC/C=C\CCCCCCCC(=O)C1(N)CN(CC)C(CCCCCCCCCCCCCCCCCC)=N1. The summed E-state index contributed by atoms with van der Waals surface area (Å²) in [4.78, 5) is 20.1. The van der Waals surface area contributed by atoms with Crippen molar-refractivity contribution in [1.29, 1.82) is 0 Å². The Morgan fingerprint density at radius 3 is 1.40 bits per heavy atom. The molecule has 4 nitrogen and oxygen atoms in total. The van der Waals surface area contributed by atoms with E-state index in [9.17, 15) is 4.79 Å². The minimum absolute atomic E-state index is 0.139. The van der Waals surface area contributed by atoms with Gasteiger partial charge in [0.05, 0.1) is 6.54 Å². The van der Waals surface area contributed by atoms with E-state index < -0.39 is 5.66 Å². The van der Waals surface area contributed by atoms with Crippen molar-refractivity contribution in [2.24, 2.45) is 10.7 Å². The van der Waals surface area contributed by atoms with Gasteiger partial charge >= 0.3 is 0 Å². The van der Waals surface area contributed by atoms with Gasteiger partial charge in [-0.05, 0) is 45.4 Å². The minimum atomic E-state index is -1.01. The van der Waals surface area contributed by atoms with Crippen molar-refractivity contribution in [2.75, 3.05) is 13.1 Å². The molecule has 1 aliphatic heterocycles. The van der Waals surface area contributed by atoms with E-state index in [0.29, 0.717) is 13.0 Å². The Labute approximate surface area is 282 Å².